The Morgan fingerprint density at radius 1 is 1.45 bits per heavy atom. The van der Waals surface area contributed by atoms with E-state index in [1.807, 2.05) is 0 Å². The summed E-state index contributed by atoms with van der Waals surface area (Å²) in [7, 11) is 0. The average molecular weight is 280 g/mol. The lowest BCUT2D eigenvalue weighted by Crippen LogP contribution is -2.41. The van der Waals surface area contributed by atoms with E-state index in [1.165, 1.54) is 31.5 Å². The van der Waals surface area contributed by atoms with Gasteiger partial charge in [0.1, 0.15) is 0 Å². The van der Waals surface area contributed by atoms with Crippen molar-refractivity contribution in [1.29, 1.82) is 0 Å². The summed E-state index contributed by atoms with van der Waals surface area (Å²) < 4.78 is 13.0. The highest BCUT2D eigenvalue weighted by molar-refractivity contribution is 5.94. The van der Waals surface area contributed by atoms with Gasteiger partial charge in [0.15, 0.2) is 0 Å². The molecule has 1 atom stereocenters. The molecule has 0 aromatic carbocycles. The monoisotopic (exact) mass is 280 g/mol. The maximum Gasteiger partial charge on any atom is 0.251 e. The highest BCUT2D eigenvalue weighted by Gasteiger charge is 2.25. The molecule has 20 heavy (non-hydrogen) atoms. The van der Waals surface area contributed by atoms with E-state index in [0.29, 0.717) is 12.3 Å². The minimum absolute atomic E-state index is 0.0379. The lowest BCUT2D eigenvalue weighted by atomic mass is 9.82. The Morgan fingerprint density at radius 3 is 2.85 bits per heavy atom. The lowest BCUT2D eigenvalue weighted by Gasteiger charge is -2.30. The fourth-order valence-electron chi connectivity index (χ4n) is 2.90. The van der Waals surface area contributed by atoms with Crippen LogP contribution in [-0.2, 0) is 0 Å². The molecule has 1 fully saturated rings. The van der Waals surface area contributed by atoms with Crippen molar-refractivity contribution >= 4 is 5.91 Å². The molecule has 1 aliphatic rings. The molecule has 4 nitrogen and oxygen atoms in total. The van der Waals surface area contributed by atoms with Gasteiger partial charge in [0, 0.05) is 30.5 Å². The number of nitrogens with zero attached hydrogens (tertiary/aromatic N) is 1. The van der Waals surface area contributed by atoms with Crippen LogP contribution >= 0.6 is 0 Å². The second kappa shape index (κ2) is 7.33. The molecule has 0 saturated heterocycles. The molecule has 0 aliphatic heterocycles. The van der Waals surface area contributed by atoms with Gasteiger partial charge in [0.25, 0.3) is 5.91 Å². The molecular weight excluding hydrogens is 259 g/mol. The fourth-order valence-corrected chi connectivity index (χ4v) is 2.90. The van der Waals surface area contributed by atoms with E-state index in [0.717, 1.165) is 18.9 Å². The Labute approximate surface area is 118 Å². The van der Waals surface area contributed by atoms with Gasteiger partial charge < -0.3 is 10.4 Å². The van der Waals surface area contributed by atoms with Crippen LogP contribution in [0.25, 0.3) is 0 Å². The van der Waals surface area contributed by atoms with Crippen molar-refractivity contribution < 1.29 is 14.3 Å². The van der Waals surface area contributed by atoms with Crippen LogP contribution in [-0.4, -0.2) is 28.6 Å². The first-order valence-corrected chi connectivity index (χ1v) is 7.24. The van der Waals surface area contributed by atoms with Crippen molar-refractivity contribution in [3.05, 3.63) is 29.8 Å². The minimum Gasteiger partial charge on any atom is -0.396 e. The van der Waals surface area contributed by atoms with E-state index in [4.69, 9.17) is 0 Å². The molecule has 0 spiro atoms. The van der Waals surface area contributed by atoms with Gasteiger partial charge in [-0.3, -0.25) is 4.79 Å². The second-order valence-electron chi connectivity index (χ2n) is 5.36. The zero-order chi connectivity index (χ0) is 14.4. The van der Waals surface area contributed by atoms with Crippen molar-refractivity contribution in [2.45, 2.75) is 44.6 Å². The van der Waals surface area contributed by atoms with Crippen LogP contribution < -0.4 is 5.32 Å². The van der Waals surface area contributed by atoms with Crippen LogP contribution in [0.3, 0.4) is 0 Å². The summed E-state index contributed by atoms with van der Waals surface area (Å²) in [6.07, 6.45) is 7.58. The van der Waals surface area contributed by atoms with Crippen molar-refractivity contribution in [2.75, 3.05) is 6.61 Å². The van der Waals surface area contributed by atoms with Crippen LogP contribution in [0.15, 0.2) is 18.3 Å². The van der Waals surface area contributed by atoms with Crippen molar-refractivity contribution in [3.63, 3.8) is 0 Å². The van der Waals surface area contributed by atoms with E-state index < -0.39 is 5.95 Å². The summed E-state index contributed by atoms with van der Waals surface area (Å²) in [6, 6.07) is 2.59. The molecule has 2 N–H and O–H groups in total. The van der Waals surface area contributed by atoms with Crippen LogP contribution in [0.1, 0.15) is 48.9 Å². The molecule has 1 amide bonds. The first kappa shape index (κ1) is 14.9. The number of aliphatic hydroxyl groups is 1. The van der Waals surface area contributed by atoms with E-state index >= 15 is 0 Å². The molecule has 0 bridgehead atoms. The number of aliphatic hydroxyl groups excluding tert-OH is 1. The number of hydrogen-bond donors (Lipinski definition) is 2. The van der Waals surface area contributed by atoms with Crippen LogP contribution in [0.2, 0.25) is 0 Å². The Kier molecular flexibility index (Phi) is 5.47. The molecule has 2 rings (SSSR count). The average Bonchev–Trinajstić information content (AvgIpc) is 2.47. The van der Waals surface area contributed by atoms with E-state index in [1.54, 1.807) is 0 Å². The number of carbonyl (C=O) groups is 1. The first-order chi connectivity index (χ1) is 9.70. The lowest BCUT2D eigenvalue weighted by molar-refractivity contribution is 0.0899. The van der Waals surface area contributed by atoms with Crippen LogP contribution in [0.4, 0.5) is 4.39 Å². The Balaban J connectivity index is 2.01. The fraction of sp³-hybridized carbons (Fsp3) is 0.600. The summed E-state index contributed by atoms with van der Waals surface area (Å²) in [4.78, 5) is 15.6. The highest BCUT2D eigenvalue weighted by atomic mass is 19.1. The standard InChI is InChI=1S/C15H21FN2O2/c16-14-10-12(6-8-17-14)15(20)18-13(7-9-19)11-4-2-1-3-5-11/h6,8,10-11,13,19H,1-5,7,9H2,(H,18,20). The third-order valence-electron chi connectivity index (χ3n) is 3.96. The first-order valence-electron chi connectivity index (χ1n) is 7.24. The van der Waals surface area contributed by atoms with Crippen molar-refractivity contribution in [3.8, 4) is 0 Å². The number of pyridine rings is 1. The maximum absolute atomic E-state index is 13.0. The zero-order valence-corrected chi connectivity index (χ0v) is 11.5. The molecule has 0 radical (unpaired) electrons. The van der Waals surface area contributed by atoms with Gasteiger partial charge >= 0.3 is 0 Å². The Hall–Kier alpha value is -1.49. The predicted octanol–water partition coefficient (Wildman–Crippen LogP) is 2.28. The number of nitrogens with one attached hydrogen (secondary N) is 1. The third-order valence-corrected chi connectivity index (χ3v) is 3.96. The predicted molar refractivity (Wildman–Crippen MR) is 73.7 cm³/mol. The molecular formula is C15H21FN2O2. The largest absolute Gasteiger partial charge is 0.396 e. The SMILES string of the molecule is O=C(NC(CCO)C1CCCCC1)c1ccnc(F)c1. The normalized spacial score (nSPS) is 17.7. The molecule has 5 heteroatoms. The molecule has 1 aromatic heterocycles. The van der Waals surface area contributed by atoms with Gasteiger partial charge in [-0.2, -0.15) is 4.39 Å². The van der Waals surface area contributed by atoms with Gasteiger partial charge in [0.2, 0.25) is 5.95 Å². The van der Waals surface area contributed by atoms with Crippen molar-refractivity contribution in [2.24, 2.45) is 5.92 Å². The zero-order valence-electron chi connectivity index (χ0n) is 11.5. The Morgan fingerprint density at radius 2 is 2.20 bits per heavy atom. The highest BCUT2D eigenvalue weighted by Crippen LogP contribution is 2.27. The molecule has 1 saturated carbocycles. The van der Waals surface area contributed by atoms with Gasteiger partial charge in [-0.05, 0) is 31.2 Å². The number of rotatable bonds is 5. The van der Waals surface area contributed by atoms with Gasteiger partial charge in [-0.15, -0.1) is 0 Å². The quantitative estimate of drug-likeness (QED) is 0.813. The maximum atomic E-state index is 13.0. The van der Waals surface area contributed by atoms with Gasteiger partial charge in [-0.25, -0.2) is 4.98 Å². The third kappa shape index (κ3) is 4.00. The van der Waals surface area contributed by atoms with Crippen LogP contribution in [0, 0.1) is 11.9 Å². The van der Waals surface area contributed by atoms with Crippen LogP contribution in [0.5, 0.6) is 0 Å². The summed E-state index contributed by atoms with van der Waals surface area (Å²) in [5, 5.41) is 12.1. The number of carbonyl (C=O) groups excluding carboxylic acids is 1. The molecule has 110 valence electrons. The molecule has 1 aliphatic carbocycles. The number of amides is 1. The summed E-state index contributed by atoms with van der Waals surface area (Å²) >= 11 is 0. The minimum atomic E-state index is -0.658. The molecule has 1 aromatic rings. The summed E-state index contributed by atoms with van der Waals surface area (Å²) in [5.41, 5.74) is 0.274. The van der Waals surface area contributed by atoms with Gasteiger partial charge in [0.05, 0.1) is 0 Å². The molecule has 1 heterocycles. The topological polar surface area (TPSA) is 62.2 Å². The molecule has 1 unspecified atom stereocenters. The van der Waals surface area contributed by atoms with E-state index in [2.05, 4.69) is 10.3 Å². The number of aromatic nitrogens is 1. The smallest absolute Gasteiger partial charge is 0.251 e. The van der Waals surface area contributed by atoms with Crippen molar-refractivity contribution in [1.82, 2.24) is 10.3 Å². The number of hydrogen-bond acceptors (Lipinski definition) is 3. The summed E-state index contributed by atoms with van der Waals surface area (Å²) in [5.74, 6) is -0.545. The van der Waals surface area contributed by atoms with E-state index in [-0.39, 0.29) is 24.1 Å². The second-order valence-corrected chi connectivity index (χ2v) is 5.36. The van der Waals surface area contributed by atoms with E-state index in [9.17, 15) is 14.3 Å². The number of halogens is 1. The Bertz CT molecular complexity index is 447. The summed E-state index contributed by atoms with van der Waals surface area (Å²) in [6.45, 7) is 0.0478. The van der Waals surface area contributed by atoms with Gasteiger partial charge in [-0.1, -0.05) is 19.3 Å².